The van der Waals surface area contributed by atoms with E-state index in [1.54, 1.807) is 0 Å². The summed E-state index contributed by atoms with van der Waals surface area (Å²) in [4.78, 5) is 24.4. The van der Waals surface area contributed by atoms with Gasteiger partial charge in [0.25, 0.3) is 0 Å². The number of benzene rings is 1. The lowest BCUT2D eigenvalue weighted by molar-refractivity contribution is -0.134. The molecule has 3 rings (SSSR count). The zero-order valence-corrected chi connectivity index (χ0v) is 14.0. The summed E-state index contributed by atoms with van der Waals surface area (Å²) in [5.41, 5.74) is 0.915. The van der Waals surface area contributed by atoms with Crippen LogP contribution in [0.5, 0.6) is 5.75 Å². The number of amides is 2. The van der Waals surface area contributed by atoms with E-state index < -0.39 is 5.41 Å². The Morgan fingerprint density at radius 1 is 1.26 bits per heavy atom. The van der Waals surface area contributed by atoms with Crippen molar-refractivity contribution in [3.63, 3.8) is 0 Å². The number of aryl methyl sites for hydroxylation is 1. The summed E-state index contributed by atoms with van der Waals surface area (Å²) in [6.45, 7) is 6.50. The Hall–Kier alpha value is -2.04. The molecule has 1 atom stereocenters. The second kappa shape index (κ2) is 5.55. The quantitative estimate of drug-likeness (QED) is 0.881. The van der Waals surface area contributed by atoms with Crippen molar-refractivity contribution in [2.75, 3.05) is 11.9 Å². The van der Waals surface area contributed by atoms with E-state index in [0.717, 1.165) is 24.2 Å². The van der Waals surface area contributed by atoms with Gasteiger partial charge >= 0.3 is 0 Å². The summed E-state index contributed by atoms with van der Waals surface area (Å²) in [5.74, 6) is 0.579. The average molecular weight is 316 g/mol. The van der Waals surface area contributed by atoms with Gasteiger partial charge < -0.3 is 15.4 Å². The summed E-state index contributed by atoms with van der Waals surface area (Å²) < 4.78 is 6.10. The molecule has 0 spiro atoms. The Morgan fingerprint density at radius 3 is 2.78 bits per heavy atom. The minimum Gasteiger partial charge on any atom is -0.485 e. The van der Waals surface area contributed by atoms with Crippen LogP contribution in [0.15, 0.2) is 18.2 Å². The molecule has 1 saturated heterocycles. The number of nitrogens with one attached hydrogen (secondary N) is 2. The second-order valence-electron chi connectivity index (χ2n) is 7.45. The van der Waals surface area contributed by atoms with Crippen molar-refractivity contribution < 1.29 is 14.3 Å². The van der Waals surface area contributed by atoms with Gasteiger partial charge in [-0.25, -0.2) is 0 Å². The normalized spacial score (nSPS) is 25.8. The Kier molecular flexibility index (Phi) is 3.82. The fourth-order valence-corrected chi connectivity index (χ4v) is 3.21. The van der Waals surface area contributed by atoms with E-state index in [1.807, 2.05) is 25.1 Å². The Morgan fingerprint density at radius 2 is 2.04 bits per heavy atom. The standard InChI is InChI=1S/C18H24N2O3/c1-17(2)8-7-12-5-4-6-13(15(12)23-17)20-16(22)18(3)9-10-19-14(21)11-18/h4-6H,7-11H2,1-3H3,(H,19,21)(H,20,22). The summed E-state index contributed by atoms with van der Waals surface area (Å²) in [7, 11) is 0. The van der Waals surface area contributed by atoms with Crippen LogP contribution >= 0.6 is 0 Å². The minimum absolute atomic E-state index is 0.0682. The lowest BCUT2D eigenvalue weighted by Gasteiger charge is -2.35. The van der Waals surface area contributed by atoms with Gasteiger partial charge in [0.2, 0.25) is 11.8 Å². The molecule has 5 heteroatoms. The molecule has 124 valence electrons. The molecule has 1 aromatic rings. The molecule has 0 aliphatic carbocycles. The van der Waals surface area contributed by atoms with Crippen molar-refractivity contribution in [3.05, 3.63) is 23.8 Å². The van der Waals surface area contributed by atoms with Gasteiger partial charge in [-0.2, -0.15) is 0 Å². The van der Waals surface area contributed by atoms with Crippen LogP contribution in [0.1, 0.15) is 45.6 Å². The van der Waals surface area contributed by atoms with Crippen molar-refractivity contribution >= 4 is 17.5 Å². The fraction of sp³-hybridized carbons (Fsp3) is 0.556. The Balaban J connectivity index is 1.83. The third-order valence-corrected chi connectivity index (χ3v) is 4.82. The monoisotopic (exact) mass is 316 g/mol. The Labute approximate surface area is 136 Å². The van der Waals surface area contributed by atoms with E-state index in [-0.39, 0.29) is 23.8 Å². The predicted octanol–water partition coefficient (Wildman–Crippen LogP) is 2.65. The molecule has 2 amide bonds. The summed E-state index contributed by atoms with van der Waals surface area (Å²) in [5, 5.41) is 5.77. The SMILES string of the molecule is CC1(C)CCc2cccc(NC(=O)C3(C)CCNC(=O)C3)c2O1. The molecule has 0 aromatic heterocycles. The fourth-order valence-electron chi connectivity index (χ4n) is 3.21. The molecule has 5 nitrogen and oxygen atoms in total. The highest BCUT2D eigenvalue weighted by Crippen LogP contribution is 2.40. The number of carbonyl (C=O) groups is 2. The molecule has 1 unspecified atom stereocenters. The van der Waals surface area contributed by atoms with E-state index in [9.17, 15) is 9.59 Å². The van der Waals surface area contributed by atoms with Crippen LogP contribution in [0.2, 0.25) is 0 Å². The van der Waals surface area contributed by atoms with E-state index in [2.05, 4.69) is 24.5 Å². The van der Waals surface area contributed by atoms with Gasteiger partial charge in [0.1, 0.15) is 11.4 Å². The van der Waals surface area contributed by atoms with Gasteiger partial charge in [-0.1, -0.05) is 19.1 Å². The lowest BCUT2D eigenvalue weighted by Crippen LogP contribution is -2.45. The number of para-hydroxylation sites is 1. The van der Waals surface area contributed by atoms with E-state index in [4.69, 9.17) is 4.74 Å². The van der Waals surface area contributed by atoms with E-state index >= 15 is 0 Å². The number of anilines is 1. The number of hydrogen-bond donors (Lipinski definition) is 2. The van der Waals surface area contributed by atoms with Gasteiger partial charge in [0.15, 0.2) is 0 Å². The number of piperidine rings is 1. The number of carbonyl (C=O) groups excluding carboxylic acids is 2. The van der Waals surface area contributed by atoms with Crippen LogP contribution < -0.4 is 15.4 Å². The first-order valence-corrected chi connectivity index (χ1v) is 8.18. The lowest BCUT2D eigenvalue weighted by atomic mass is 9.79. The smallest absolute Gasteiger partial charge is 0.231 e. The van der Waals surface area contributed by atoms with Gasteiger partial charge in [-0.3, -0.25) is 9.59 Å². The predicted molar refractivity (Wildman–Crippen MR) is 88.5 cm³/mol. The molecule has 23 heavy (non-hydrogen) atoms. The minimum atomic E-state index is -0.671. The van der Waals surface area contributed by atoms with E-state index in [0.29, 0.717) is 18.7 Å². The van der Waals surface area contributed by atoms with Crippen molar-refractivity contribution in [2.24, 2.45) is 5.41 Å². The highest BCUT2D eigenvalue weighted by molar-refractivity contribution is 5.99. The van der Waals surface area contributed by atoms with Crippen LogP contribution in [0.3, 0.4) is 0 Å². The van der Waals surface area contributed by atoms with Crippen molar-refractivity contribution in [1.29, 1.82) is 0 Å². The summed E-state index contributed by atoms with van der Waals surface area (Å²) >= 11 is 0. The third kappa shape index (κ3) is 3.19. The largest absolute Gasteiger partial charge is 0.485 e. The number of ether oxygens (including phenoxy) is 1. The zero-order valence-electron chi connectivity index (χ0n) is 14.0. The van der Waals surface area contributed by atoms with Crippen molar-refractivity contribution in [1.82, 2.24) is 5.32 Å². The first-order valence-electron chi connectivity index (χ1n) is 8.18. The van der Waals surface area contributed by atoms with Gasteiger partial charge in [-0.15, -0.1) is 0 Å². The highest BCUT2D eigenvalue weighted by atomic mass is 16.5. The molecule has 2 heterocycles. The maximum atomic E-state index is 12.7. The van der Waals surface area contributed by atoms with Gasteiger partial charge in [-0.05, 0) is 44.7 Å². The van der Waals surface area contributed by atoms with Gasteiger partial charge in [0, 0.05) is 13.0 Å². The summed E-state index contributed by atoms with van der Waals surface area (Å²) in [6, 6.07) is 5.84. The van der Waals surface area contributed by atoms with Crippen LogP contribution in [-0.4, -0.2) is 24.0 Å². The first kappa shape index (κ1) is 15.8. The molecule has 1 fully saturated rings. The van der Waals surface area contributed by atoms with Crippen LogP contribution in [-0.2, 0) is 16.0 Å². The van der Waals surface area contributed by atoms with Gasteiger partial charge in [0.05, 0.1) is 11.1 Å². The number of rotatable bonds is 2. The third-order valence-electron chi connectivity index (χ3n) is 4.82. The Bertz CT molecular complexity index is 654. The molecular formula is C18H24N2O3. The molecule has 1 aromatic carbocycles. The topological polar surface area (TPSA) is 67.4 Å². The van der Waals surface area contributed by atoms with Crippen LogP contribution in [0, 0.1) is 5.41 Å². The molecule has 2 N–H and O–H groups in total. The zero-order chi connectivity index (χ0) is 16.7. The maximum Gasteiger partial charge on any atom is 0.231 e. The molecule has 0 radical (unpaired) electrons. The van der Waals surface area contributed by atoms with Crippen molar-refractivity contribution in [3.8, 4) is 5.75 Å². The average Bonchev–Trinajstić information content (AvgIpc) is 2.47. The molecular weight excluding hydrogens is 292 g/mol. The van der Waals surface area contributed by atoms with Crippen molar-refractivity contribution in [2.45, 2.75) is 52.1 Å². The van der Waals surface area contributed by atoms with E-state index in [1.165, 1.54) is 0 Å². The second-order valence-corrected chi connectivity index (χ2v) is 7.45. The van der Waals surface area contributed by atoms with Crippen LogP contribution in [0.25, 0.3) is 0 Å². The molecule has 0 bridgehead atoms. The first-order chi connectivity index (χ1) is 10.8. The molecule has 0 saturated carbocycles. The number of fused-ring (bicyclic) bond motifs is 1. The molecule has 2 aliphatic rings. The highest BCUT2D eigenvalue weighted by Gasteiger charge is 2.39. The summed E-state index contributed by atoms with van der Waals surface area (Å²) in [6.07, 6.45) is 2.76. The maximum absolute atomic E-state index is 12.7. The molecule has 2 aliphatic heterocycles. The van der Waals surface area contributed by atoms with Crippen LogP contribution in [0.4, 0.5) is 5.69 Å². The number of hydrogen-bond acceptors (Lipinski definition) is 3.